The van der Waals surface area contributed by atoms with Crippen LogP contribution in [-0.4, -0.2) is 54.3 Å². The highest BCUT2D eigenvalue weighted by Gasteiger charge is 2.30. The predicted molar refractivity (Wildman–Crippen MR) is 129 cm³/mol. The van der Waals surface area contributed by atoms with Gasteiger partial charge in [0.1, 0.15) is 0 Å². The van der Waals surface area contributed by atoms with Gasteiger partial charge in [-0.3, -0.25) is 4.79 Å². The van der Waals surface area contributed by atoms with E-state index in [1.807, 2.05) is 31.2 Å². The number of amides is 1. The van der Waals surface area contributed by atoms with Gasteiger partial charge in [0.05, 0.1) is 4.90 Å². The Balaban J connectivity index is 1.44. The number of carbonyl (C=O) groups excluding carboxylic acids is 1. The number of aromatic nitrogens is 1. The highest BCUT2D eigenvalue weighted by atomic mass is 79.9. The molecule has 0 radical (unpaired) electrons. The number of rotatable bonds is 4. The van der Waals surface area contributed by atoms with Gasteiger partial charge in [-0.2, -0.15) is 4.31 Å². The number of piperazine rings is 1. The van der Waals surface area contributed by atoms with Crippen LogP contribution >= 0.6 is 15.9 Å². The second-order valence-corrected chi connectivity index (χ2v) is 10.9. The molecule has 0 atom stereocenters. The Hall–Kier alpha value is -2.42. The molecule has 2 heterocycles. The molecule has 2 aromatic carbocycles. The van der Waals surface area contributed by atoms with Crippen molar-refractivity contribution in [3.05, 3.63) is 81.6 Å². The number of hydrogen-bond donors (Lipinski definition) is 0. The van der Waals surface area contributed by atoms with Crippen molar-refractivity contribution >= 4 is 31.9 Å². The predicted octanol–water partition coefficient (Wildman–Crippen LogP) is 4.31. The van der Waals surface area contributed by atoms with Crippen LogP contribution in [0.5, 0.6) is 0 Å². The largest absolute Gasteiger partial charge is 0.336 e. The lowest BCUT2D eigenvalue weighted by atomic mass is 10.1. The van der Waals surface area contributed by atoms with Crippen molar-refractivity contribution in [1.82, 2.24) is 13.8 Å². The van der Waals surface area contributed by atoms with Gasteiger partial charge in [0.15, 0.2) is 0 Å². The molecule has 0 unspecified atom stereocenters. The lowest BCUT2D eigenvalue weighted by molar-refractivity contribution is 0.0698. The van der Waals surface area contributed by atoms with Crippen LogP contribution in [0.2, 0.25) is 0 Å². The standard InChI is InChI=1S/C24H26BrN3O3S/c1-17-16-22(10-11-23(17)25)32(30,31)27-14-12-26(13-15-27)24(29)20-6-8-21(9-7-20)28-18(2)4-5-19(28)3/h4-11,16H,12-15H2,1-3H3. The molecule has 8 heteroatoms. The molecule has 6 nitrogen and oxygen atoms in total. The first-order chi connectivity index (χ1) is 15.2. The molecule has 32 heavy (non-hydrogen) atoms. The third kappa shape index (κ3) is 4.27. The van der Waals surface area contributed by atoms with Crippen LogP contribution in [0.25, 0.3) is 5.69 Å². The van der Waals surface area contributed by atoms with Crippen molar-refractivity contribution in [2.45, 2.75) is 25.7 Å². The zero-order valence-electron chi connectivity index (χ0n) is 18.4. The molecule has 1 amide bonds. The van der Waals surface area contributed by atoms with Crippen molar-refractivity contribution in [2.75, 3.05) is 26.2 Å². The smallest absolute Gasteiger partial charge is 0.253 e. The number of aryl methyl sites for hydroxylation is 3. The molecule has 3 aromatic rings. The van der Waals surface area contributed by atoms with Crippen molar-refractivity contribution < 1.29 is 13.2 Å². The molecule has 1 aliphatic rings. The van der Waals surface area contributed by atoms with E-state index >= 15 is 0 Å². The monoisotopic (exact) mass is 515 g/mol. The van der Waals surface area contributed by atoms with Gasteiger partial charge in [0.25, 0.3) is 5.91 Å². The topological polar surface area (TPSA) is 62.6 Å². The molecule has 0 aliphatic carbocycles. The highest BCUT2D eigenvalue weighted by Crippen LogP contribution is 2.24. The summed E-state index contributed by atoms with van der Waals surface area (Å²) in [6.07, 6.45) is 0. The van der Waals surface area contributed by atoms with Crippen LogP contribution in [0.1, 0.15) is 27.3 Å². The fraction of sp³-hybridized carbons (Fsp3) is 0.292. The van der Waals surface area contributed by atoms with E-state index in [0.29, 0.717) is 18.7 Å². The van der Waals surface area contributed by atoms with Gasteiger partial charge in [-0.1, -0.05) is 15.9 Å². The molecule has 1 saturated heterocycles. The van der Waals surface area contributed by atoms with Crippen molar-refractivity contribution in [1.29, 1.82) is 0 Å². The first-order valence-electron chi connectivity index (χ1n) is 10.5. The molecule has 0 spiro atoms. The zero-order valence-corrected chi connectivity index (χ0v) is 20.8. The number of nitrogens with zero attached hydrogens (tertiary/aromatic N) is 3. The lowest BCUT2D eigenvalue weighted by Crippen LogP contribution is -2.50. The first-order valence-corrected chi connectivity index (χ1v) is 12.7. The third-order valence-corrected chi connectivity index (χ3v) is 8.72. The quantitative estimate of drug-likeness (QED) is 0.519. The fourth-order valence-electron chi connectivity index (χ4n) is 4.07. The second kappa shape index (κ2) is 8.84. The number of hydrogen-bond acceptors (Lipinski definition) is 3. The minimum absolute atomic E-state index is 0.0750. The molecule has 1 aliphatic heterocycles. The molecule has 0 bridgehead atoms. The van der Waals surface area contributed by atoms with Crippen LogP contribution in [0, 0.1) is 20.8 Å². The number of carbonyl (C=O) groups is 1. The maximum Gasteiger partial charge on any atom is 0.253 e. The summed E-state index contributed by atoms with van der Waals surface area (Å²) in [6, 6.07) is 16.7. The Morgan fingerprint density at radius 3 is 2.00 bits per heavy atom. The average Bonchev–Trinajstić information content (AvgIpc) is 3.13. The van der Waals surface area contributed by atoms with Gasteiger partial charge in [-0.25, -0.2) is 8.42 Å². The summed E-state index contributed by atoms with van der Waals surface area (Å²) >= 11 is 3.41. The van der Waals surface area contributed by atoms with Crippen LogP contribution in [0.15, 0.2) is 64.0 Å². The Kier molecular flexibility index (Phi) is 6.29. The molecule has 0 saturated carbocycles. The molecular formula is C24H26BrN3O3S. The van der Waals surface area contributed by atoms with Gasteiger partial charge < -0.3 is 9.47 Å². The maximum absolute atomic E-state index is 13.0. The van der Waals surface area contributed by atoms with Crippen molar-refractivity contribution in [2.24, 2.45) is 0 Å². The minimum Gasteiger partial charge on any atom is -0.336 e. The molecular weight excluding hydrogens is 490 g/mol. The summed E-state index contributed by atoms with van der Waals surface area (Å²) in [5.74, 6) is -0.0750. The van der Waals surface area contributed by atoms with E-state index in [-0.39, 0.29) is 23.9 Å². The Bertz CT molecular complexity index is 1240. The van der Waals surface area contributed by atoms with E-state index in [9.17, 15) is 13.2 Å². The molecule has 0 N–H and O–H groups in total. The van der Waals surface area contributed by atoms with Crippen LogP contribution in [0.4, 0.5) is 0 Å². The Morgan fingerprint density at radius 2 is 1.44 bits per heavy atom. The minimum atomic E-state index is -3.58. The summed E-state index contributed by atoms with van der Waals surface area (Å²) in [7, 11) is -3.58. The highest BCUT2D eigenvalue weighted by molar-refractivity contribution is 9.10. The average molecular weight is 516 g/mol. The SMILES string of the molecule is Cc1cc(S(=O)(=O)N2CCN(C(=O)c3ccc(-n4c(C)ccc4C)cc3)CC2)ccc1Br. The van der Waals surface area contributed by atoms with Gasteiger partial charge >= 0.3 is 0 Å². The number of benzene rings is 2. The van der Waals surface area contributed by atoms with E-state index in [4.69, 9.17) is 0 Å². The van der Waals surface area contributed by atoms with Crippen molar-refractivity contribution in [3.8, 4) is 5.69 Å². The summed E-state index contributed by atoms with van der Waals surface area (Å²) < 4.78 is 30.5. The summed E-state index contributed by atoms with van der Waals surface area (Å²) in [5, 5.41) is 0. The van der Waals surface area contributed by atoms with Gasteiger partial charge in [-0.15, -0.1) is 0 Å². The molecule has 168 valence electrons. The van der Waals surface area contributed by atoms with Crippen molar-refractivity contribution in [3.63, 3.8) is 0 Å². The maximum atomic E-state index is 13.0. The molecule has 1 fully saturated rings. The van der Waals surface area contributed by atoms with Crippen LogP contribution in [0.3, 0.4) is 0 Å². The van der Waals surface area contributed by atoms with Gasteiger partial charge in [-0.05, 0) is 80.9 Å². The van der Waals surface area contributed by atoms with Gasteiger partial charge in [0, 0.05) is 53.3 Å². The van der Waals surface area contributed by atoms with E-state index in [0.717, 1.165) is 27.1 Å². The number of sulfonamides is 1. The normalized spacial score (nSPS) is 15.2. The summed E-state index contributed by atoms with van der Waals surface area (Å²) in [5.41, 5.74) is 4.77. The van der Waals surface area contributed by atoms with E-state index in [2.05, 4.69) is 46.5 Å². The lowest BCUT2D eigenvalue weighted by Gasteiger charge is -2.34. The van der Waals surface area contributed by atoms with Crippen LogP contribution < -0.4 is 0 Å². The summed E-state index contributed by atoms with van der Waals surface area (Å²) in [4.78, 5) is 15.0. The second-order valence-electron chi connectivity index (χ2n) is 8.11. The fourth-order valence-corrected chi connectivity index (χ4v) is 5.82. The third-order valence-electron chi connectivity index (χ3n) is 5.94. The molecule has 4 rings (SSSR count). The van der Waals surface area contributed by atoms with E-state index in [1.54, 1.807) is 23.1 Å². The van der Waals surface area contributed by atoms with E-state index in [1.165, 1.54) is 4.31 Å². The summed E-state index contributed by atoms with van der Waals surface area (Å²) in [6.45, 7) is 7.26. The van der Waals surface area contributed by atoms with Gasteiger partial charge in [0.2, 0.25) is 10.0 Å². The van der Waals surface area contributed by atoms with E-state index < -0.39 is 10.0 Å². The Morgan fingerprint density at radius 1 is 0.844 bits per heavy atom. The first kappa shape index (κ1) is 22.8. The van der Waals surface area contributed by atoms with Crippen LogP contribution in [-0.2, 0) is 10.0 Å². The Labute approximate surface area is 197 Å². The number of halogens is 1. The zero-order chi connectivity index (χ0) is 23.0. The molecule has 1 aromatic heterocycles.